The minimum atomic E-state index is -0.177. The molecule has 1 nitrogen and oxygen atoms in total. The molecule has 0 aliphatic carbocycles. The van der Waals surface area contributed by atoms with Crippen LogP contribution in [0.15, 0.2) is 42.5 Å². The Bertz CT molecular complexity index is 561. The number of anilines is 1. The van der Waals surface area contributed by atoms with Crippen molar-refractivity contribution in [1.82, 2.24) is 0 Å². The second kappa shape index (κ2) is 5.87. The Balaban J connectivity index is 2.14. The van der Waals surface area contributed by atoms with E-state index in [0.717, 1.165) is 23.4 Å². The molecule has 0 heterocycles. The highest BCUT2D eigenvalue weighted by Crippen LogP contribution is 2.24. The molecule has 19 heavy (non-hydrogen) atoms. The van der Waals surface area contributed by atoms with Crippen LogP contribution >= 0.6 is 0 Å². The first-order valence-electron chi connectivity index (χ1n) is 6.65. The van der Waals surface area contributed by atoms with Crippen molar-refractivity contribution in [2.24, 2.45) is 0 Å². The number of aryl methyl sites for hydroxylation is 1. The fourth-order valence-corrected chi connectivity index (χ4v) is 2.21. The first-order valence-corrected chi connectivity index (χ1v) is 6.65. The second-order valence-corrected chi connectivity index (χ2v) is 5.17. The lowest BCUT2D eigenvalue weighted by atomic mass is 10.0. The molecular formula is C17H20FN. The SMILES string of the molecule is Cc1cc(F)ccc1CNc1ccccc1C(C)C. The van der Waals surface area contributed by atoms with Crippen molar-refractivity contribution in [3.63, 3.8) is 0 Å². The number of hydrogen-bond donors (Lipinski definition) is 1. The monoisotopic (exact) mass is 257 g/mol. The number of hydrogen-bond acceptors (Lipinski definition) is 1. The maximum absolute atomic E-state index is 13.1. The molecule has 0 spiro atoms. The molecule has 0 aliphatic rings. The van der Waals surface area contributed by atoms with Crippen molar-refractivity contribution in [1.29, 1.82) is 0 Å². The van der Waals surface area contributed by atoms with E-state index in [-0.39, 0.29) is 5.82 Å². The van der Waals surface area contributed by atoms with Gasteiger partial charge in [0.05, 0.1) is 0 Å². The van der Waals surface area contributed by atoms with Gasteiger partial charge in [-0.25, -0.2) is 4.39 Å². The lowest BCUT2D eigenvalue weighted by Gasteiger charge is -2.15. The average molecular weight is 257 g/mol. The van der Waals surface area contributed by atoms with Gasteiger partial charge in [-0.1, -0.05) is 38.1 Å². The smallest absolute Gasteiger partial charge is 0.123 e. The molecule has 1 N–H and O–H groups in total. The van der Waals surface area contributed by atoms with Crippen LogP contribution in [0.4, 0.5) is 10.1 Å². The van der Waals surface area contributed by atoms with Gasteiger partial charge in [0.1, 0.15) is 5.82 Å². The van der Waals surface area contributed by atoms with Gasteiger partial charge < -0.3 is 5.32 Å². The summed E-state index contributed by atoms with van der Waals surface area (Å²) >= 11 is 0. The summed E-state index contributed by atoms with van der Waals surface area (Å²) in [4.78, 5) is 0. The van der Waals surface area contributed by atoms with E-state index in [2.05, 4.69) is 37.4 Å². The van der Waals surface area contributed by atoms with Crippen LogP contribution in [0, 0.1) is 12.7 Å². The highest BCUT2D eigenvalue weighted by atomic mass is 19.1. The lowest BCUT2D eigenvalue weighted by molar-refractivity contribution is 0.625. The fourth-order valence-electron chi connectivity index (χ4n) is 2.21. The summed E-state index contributed by atoms with van der Waals surface area (Å²) in [6, 6.07) is 13.3. The number of nitrogens with one attached hydrogen (secondary N) is 1. The molecule has 2 heteroatoms. The van der Waals surface area contributed by atoms with Crippen LogP contribution in [0.5, 0.6) is 0 Å². The Morgan fingerprint density at radius 1 is 1.11 bits per heavy atom. The number of rotatable bonds is 4. The fraction of sp³-hybridized carbons (Fsp3) is 0.294. The Hall–Kier alpha value is -1.83. The Kier molecular flexibility index (Phi) is 4.20. The highest BCUT2D eigenvalue weighted by Gasteiger charge is 2.06. The standard InChI is InChI=1S/C17H20FN/c1-12(2)16-6-4-5-7-17(16)19-11-14-8-9-15(18)10-13(14)3/h4-10,12,19H,11H2,1-3H3. The molecule has 0 atom stereocenters. The Morgan fingerprint density at radius 2 is 1.84 bits per heavy atom. The molecule has 0 fully saturated rings. The molecule has 0 unspecified atom stereocenters. The number of benzene rings is 2. The van der Waals surface area contributed by atoms with Gasteiger partial charge in [-0.2, -0.15) is 0 Å². The molecule has 0 aromatic heterocycles. The van der Waals surface area contributed by atoms with Crippen molar-refractivity contribution in [2.45, 2.75) is 33.2 Å². The van der Waals surface area contributed by atoms with Crippen molar-refractivity contribution in [3.8, 4) is 0 Å². The van der Waals surface area contributed by atoms with E-state index in [0.29, 0.717) is 5.92 Å². The van der Waals surface area contributed by atoms with Crippen molar-refractivity contribution < 1.29 is 4.39 Å². The summed E-state index contributed by atoms with van der Waals surface area (Å²) in [5.74, 6) is 0.307. The normalized spacial score (nSPS) is 10.8. The third kappa shape index (κ3) is 3.34. The van der Waals surface area contributed by atoms with Crippen LogP contribution in [0.2, 0.25) is 0 Å². The van der Waals surface area contributed by atoms with Crippen molar-refractivity contribution in [2.75, 3.05) is 5.32 Å². The molecule has 0 saturated heterocycles. The van der Waals surface area contributed by atoms with E-state index in [1.54, 1.807) is 6.07 Å². The predicted molar refractivity (Wildman–Crippen MR) is 79.0 cm³/mol. The summed E-state index contributed by atoms with van der Waals surface area (Å²) in [6.45, 7) is 7.03. The van der Waals surface area contributed by atoms with Crippen LogP contribution in [-0.4, -0.2) is 0 Å². The molecular weight excluding hydrogens is 237 g/mol. The van der Waals surface area contributed by atoms with E-state index in [9.17, 15) is 4.39 Å². The molecule has 100 valence electrons. The summed E-state index contributed by atoms with van der Waals surface area (Å²) in [5, 5.41) is 3.45. The highest BCUT2D eigenvalue weighted by molar-refractivity contribution is 5.53. The molecule has 2 rings (SSSR count). The largest absolute Gasteiger partial charge is 0.381 e. The van der Waals surface area contributed by atoms with Gasteiger partial charge in [0.25, 0.3) is 0 Å². The first-order chi connectivity index (χ1) is 9.08. The summed E-state index contributed by atoms with van der Waals surface area (Å²) in [6.07, 6.45) is 0. The van der Waals surface area contributed by atoms with E-state index < -0.39 is 0 Å². The first kappa shape index (κ1) is 13.6. The maximum atomic E-state index is 13.1. The van der Waals surface area contributed by atoms with E-state index in [1.807, 2.05) is 19.1 Å². The minimum absolute atomic E-state index is 0.177. The quantitative estimate of drug-likeness (QED) is 0.824. The zero-order valence-electron chi connectivity index (χ0n) is 11.7. The van der Waals surface area contributed by atoms with Gasteiger partial charge in [0.2, 0.25) is 0 Å². The summed E-state index contributed by atoms with van der Waals surface area (Å²) in [7, 11) is 0. The second-order valence-electron chi connectivity index (χ2n) is 5.17. The molecule has 0 aliphatic heterocycles. The zero-order chi connectivity index (χ0) is 13.8. The van der Waals surface area contributed by atoms with Gasteiger partial charge in [-0.15, -0.1) is 0 Å². The van der Waals surface area contributed by atoms with Crippen molar-refractivity contribution >= 4 is 5.69 Å². The Labute approximate surface area is 114 Å². The van der Waals surface area contributed by atoms with Crippen LogP contribution in [-0.2, 0) is 6.54 Å². The summed E-state index contributed by atoms with van der Waals surface area (Å²) in [5.41, 5.74) is 4.57. The van der Waals surface area contributed by atoms with Crippen LogP contribution in [0.1, 0.15) is 36.5 Å². The van der Waals surface area contributed by atoms with Gasteiger partial charge in [0.15, 0.2) is 0 Å². The third-order valence-corrected chi connectivity index (χ3v) is 3.36. The van der Waals surface area contributed by atoms with E-state index >= 15 is 0 Å². The van der Waals surface area contributed by atoms with E-state index in [1.165, 1.54) is 11.6 Å². The maximum Gasteiger partial charge on any atom is 0.123 e. The molecule has 0 amide bonds. The van der Waals surface area contributed by atoms with Gasteiger partial charge in [0, 0.05) is 12.2 Å². The zero-order valence-corrected chi connectivity index (χ0v) is 11.7. The van der Waals surface area contributed by atoms with Crippen LogP contribution in [0.3, 0.4) is 0 Å². The van der Waals surface area contributed by atoms with Gasteiger partial charge >= 0.3 is 0 Å². The molecule has 2 aromatic carbocycles. The molecule has 0 saturated carbocycles. The van der Waals surface area contributed by atoms with Gasteiger partial charge in [-0.05, 0) is 47.7 Å². The third-order valence-electron chi connectivity index (χ3n) is 3.36. The minimum Gasteiger partial charge on any atom is -0.381 e. The summed E-state index contributed by atoms with van der Waals surface area (Å²) < 4.78 is 13.1. The molecule has 0 bridgehead atoms. The van der Waals surface area contributed by atoms with Gasteiger partial charge in [-0.3, -0.25) is 0 Å². The Morgan fingerprint density at radius 3 is 2.53 bits per heavy atom. The van der Waals surface area contributed by atoms with Crippen LogP contribution < -0.4 is 5.32 Å². The number of halogens is 1. The van der Waals surface area contributed by atoms with Crippen LogP contribution in [0.25, 0.3) is 0 Å². The topological polar surface area (TPSA) is 12.0 Å². The predicted octanol–water partition coefficient (Wildman–Crippen LogP) is 4.87. The molecule has 0 radical (unpaired) electrons. The van der Waals surface area contributed by atoms with Crippen molar-refractivity contribution in [3.05, 3.63) is 65.0 Å². The number of para-hydroxylation sites is 1. The molecule has 2 aromatic rings. The average Bonchev–Trinajstić information content (AvgIpc) is 2.38. The lowest BCUT2D eigenvalue weighted by Crippen LogP contribution is -2.04. The van der Waals surface area contributed by atoms with E-state index in [4.69, 9.17) is 0 Å².